The predicted octanol–water partition coefficient (Wildman–Crippen LogP) is 5.51. The van der Waals surface area contributed by atoms with Gasteiger partial charge in [0.15, 0.2) is 11.5 Å². The molecule has 1 saturated heterocycles. The van der Waals surface area contributed by atoms with Gasteiger partial charge in [0.25, 0.3) is 0 Å². The molecule has 2 aromatic heterocycles. The van der Waals surface area contributed by atoms with Crippen LogP contribution in [0.2, 0.25) is 0 Å². The molecule has 1 atom stereocenters. The Bertz CT molecular complexity index is 1400. The zero-order valence-electron chi connectivity index (χ0n) is 21.1. The number of rotatable bonds is 4. The van der Waals surface area contributed by atoms with Crippen LogP contribution in [0.5, 0.6) is 0 Å². The molecule has 4 aromatic rings. The van der Waals surface area contributed by atoms with Crippen molar-refractivity contribution in [3.05, 3.63) is 53.6 Å². The monoisotopic (exact) mass is 488 g/mol. The summed E-state index contributed by atoms with van der Waals surface area (Å²) in [6.45, 7) is 11.7. The molecular weight excluding hydrogens is 456 g/mol. The van der Waals surface area contributed by atoms with E-state index in [9.17, 15) is 4.55 Å². The first kappa shape index (κ1) is 23.8. The molecule has 5 rings (SSSR count). The molecule has 0 aliphatic carbocycles. The lowest BCUT2D eigenvalue weighted by Crippen LogP contribution is -2.32. The van der Waals surface area contributed by atoms with Crippen LogP contribution in [0.4, 0.5) is 5.95 Å². The first-order valence-corrected chi connectivity index (χ1v) is 13.3. The number of hydrogen-bond acceptors (Lipinski definition) is 6. The van der Waals surface area contributed by atoms with Gasteiger partial charge in [-0.25, -0.2) is 9.97 Å². The third kappa shape index (κ3) is 4.65. The van der Waals surface area contributed by atoms with Crippen LogP contribution in [0.15, 0.2) is 46.9 Å². The van der Waals surface area contributed by atoms with E-state index in [0.29, 0.717) is 5.82 Å². The van der Waals surface area contributed by atoms with Gasteiger partial charge in [-0.05, 0) is 71.6 Å². The minimum atomic E-state index is -1.36. The Kier molecular flexibility index (Phi) is 6.27. The van der Waals surface area contributed by atoms with Gasteiger partial charge in [0.1, 0.15) is 16.1 Å². The molecule has 3 heterocycles. The van der Waals surface area contributed by atoms with Crippen molar-refractivity contribution in [2.24, 2.45) is 4.40 Å². The van der Waals surface area contributed by atoms with Crippen LogP contribution in [0, 0.1) is 6.92 Å². The second-order valence-electron chi connectivity index (χ2n) is 10.2. The van der Waals surface area contributed by atoms with Gasteiger partial charge in [0, 0.05) is 29.6 Å². The molecule has 182 valence electrons. The molecule has 0 amide bonds. The maximum absolute atomic E-state index is 12.8. The summed E-state index contributed by atoms with van der Waals surface area (Å²) < 4.78 is 18.9. The summed E-state index contributed by atoms with van der Waals surface area (Å²) in [4.78, 5) is 12.5. The number of anilines is 1. The average Bonchev–Trinajstić information content (AvgIpc) is 3.29. The summed E-state index contributed by atoms with van der Waals surface area (Å²) >= 11 is -1.36. The standard InChI is InChI=1S/C27H32N6OS/c1-18-16-21(19(2)31-35(34)27(3,4)5)23-22(17-18)25-29-24(20-12-8-6-9-13-20)30-33(25)26(28-23)32-14-10-7-11-15-32/h6,8-9,12-13,16-17H,7,10-11,14-15H2,1-5H3. The second kappa shape index (κ2) is 9.24. The molecule has 1 aliphatic heterocycles. The predicted molar refractivity (Wildman–Crippen MR) is 145 cm³/mol. The molecule has 0 radical (unpaired) electrons. The summed E-state index contributed by atoms with van der Waals surface area (Å²) in [5.74, 6) is 1.48. The maximum Gasteiger partial charge on any atom is 0.229 e. The normalized spacial score (nSPS) is 16.3. The Morgan fingerprint density at radius 3 is 2.43 bits per heavy atom. The molecule has 7 nitrogen and oxygen atoms in total. The molecule has 1 aliphatic rings. The fourth-order valence-electron chi connectivity index (χ4n) is 4.44. The van der Waals surface area contributed by atoms with Crippen LogP contribution >= 0.6 is 0 Å². The zero-order chi connectivity index (χ0) is 24.7. The first-order chi connectivity index (χ1) is 16.7. The number of benzene rings is 2. The highest BCUT2D eigenvalue weighted by Gasteiger charge is 2.28. The van der Waals surface area contributed by atoms with Gasteiger partial charge in [-0.3, -0.25) is 0 Å². The lowest BCUT2D eigenvalue weighted by atomic mass is 10.0. The smallest absolute Gasteiger partial charge is 0.229 e. The number of nitrogens with zero attached hydrogens (tertiary/aromatic N) is 6. The lowest BCUT2D eigenvalue weighted by Gasteiger charge is -2.28. The van der Waals surface area contributed by atoms with Crippen LogP contribution < -0.4 is 4.90 Å². The van der Waals surface area contributed by atoms with Crippen molar-refractivity contribution in [2.75, 3.05) is 18.0 Å². The maximum atomic E-state index is 12.8. The van der Waals surface area contributed by atoms with E-state index in [2.05, 4.69) is 28.4 Å². The molecule has 2 aromatic carbocycles. The van der Waals surface area contributed by atoms with Gasteiger partial charge in [0.2, 0.25) is 5.95 Å². The van der Waals surface area contributed by atoms with Gasteiger partial charge in [0.05, 0.1) is 11.2 Å². The van der Waals surface area contributed by atoms with E-state index in [1.165, 1.54) is 6.42 Å². The Labute approximate surface area is 209 Å². The van der Waals surface area contributed by atoms with Crippen LogP contribution in [-0.2, 0) is 11.4 Å². The first-order valence-electron chi connectivity index (χ1n) is 12.2. The quantitative estimate of drug-likeness (QED) is 0.279. The molecule has 1 fully saturated rings. The number of aromatic nitrogens is 4. The number of hydrogen-bond donors (Lipinski definition) is 0. The van der Waals surface area contributed by atoms with Crippen molar-refractivity contribution in [1.29, 1.82) is 0 Å². The van der Waals surface area contributed by atoms with Crippen molar-refractivity contribution < 1.29 is 4.55 Å². The topological polar surface area (TPSA) is 81.7 Å². The third-order valence-electron chi connectivity index (χ3n) is 6.31. The molecule has 35 heavy (non-hydrogen) atoms. The molecule has 0 bridgehead atoms. The Hall–Kier alpha value is -2.97. The van der Waals surface area contributed by atoms with Gasteiger partial charge >= 0.3 is 0 Å². The van der Waals surface area contributed by atoms with Crippen molar-refractivity contribution in [1.82, 2.24) is 19.6 Å². The van der Waals surface area contributed by atoms with Crippen molar-refractivity contribution in [3.8, 4) is 11.4 Å². The van der Waals surface area contributed by atoms with Crippen molar-refractivity contribution in [3.63, 3.8) is 0 Å². The average molecular weight is 489 g/mol. The molecule has 0 N–H and O–H groups in total. The molecule has 0 spiro atoms. The van der Waals surface area contributed by atoms with Gasteiger partial charge in [-0.2, -0.15) is 4.52 Å². The van der Waals surface area contributed by atoms with Crippen LogP contribution in [0.3, 0.4) is 0 Å². The zero-order valence-corrected chi connectivity index (χ0v) is 21.9. The number of piperidine rings is 1. The molecular formula is C27H32N6OS. The van der Waals surface area contributed by atoms with Crippen molar-refractivity contribution in [2.45, 2.75) is 58.6 Å². The fourth-order valence-corrected chi connectivity index (χ4v) is 5.06. The highest BCUT2D eigenvalue weighted by Crippen LogP contribution is 2.31. The minimum absolute atomic E-state index is 0.432. The number of fused-ring (bicyclic) bond motifs is 3. The highest BCUT2D eigenvalue weighted by atomic mass is 32.2. The van der Waals surface area contributed by atoms with Crippen LogP contribution in [-0.4, -0.2) is 47.7 Å². The Morgan fingerprint density at radius 1 is 1.03 bits per heavy atom. The van der Waals surface area contributed by atoms with Gasteiger partial charge in [-0.15, -0.1) is 5.10 Å². The van der Waals surface area contributed by atoms with E-state index in [1.807, 2.05) is 62.5 Å². The summed E-state index contributed by atoms with van der Waals surface area (Å²) in [5.41, 5.74) is 5.26. The molecule has 8 heteroatoms. The van der Waals surface area contributed by atoms with E-state index in [4.69, 9.17) is 15.1 Å². The SMILES string of the molecule is CC(=N[S+]([O-])C(C)(C)C)c1cc(C)cc2c1nc(N1CCCCC1)n1nc(-c3ccccc3)nc21. The van der Waals surface area contributed by atoms with Crippen LogP contribution in [0.25, 0.3) is 27.9 Å². The third-order valence-corrected chi connectivity index (χ3v) is 7.80. The minimum Gasteiger partial charge on any atom is -0.591 e. The van der Waals surface area contributed by atoms with E-state index < -0.39 is 16.1 Å². The number of aryl methyl sites for hydroxylation is 1. The second-order valence-corrected chi connectivity index (χ2v) is 12.1. The highest BCUT2D eigenvalue weighted by molar-refractivity contribution is 7.91. The largest absolute Gasteiger partial charge is 0.591 e. The van der Waals surface area contributed by atoms with Gasteiger partial charge in [-0.1, -0.05) is 34.7 Å². The van der Waals surface area contributed by atoms with Crippen molar-refractivity contribution >= 4 is 39.6 Å². The summed E-state index contributed by atoms with van der Waals surface area (Å²) in [6, 6.07) is 14.2. The lowest BCUT2D eigenvalue weighted by molar-refractivity contribution is 0.561. The fraction of sp³-hybridized carbons (Fsp3) is 0.407. The summed E-state index contributed by atoms with van der Waals surface area (Å²) in [6.07, 6.45) is 3.50. The van der Waals surface area contributed by atoms with Gasteiger partial charge < -0.3 is 9.45 Å². The summed E-state index contributed by atoms with van der Waals surface area (Å²) in [7, 11) is 0. The Morgan fingerprint density at radius 2 is 1.74 bits per heavy atom. The molecule has 0 saturated carbocycles. The van der Waals surface area contributed by atoms with E-state index in [1.54, 1.807) is 0 Å². The van der Waals surface area contributed by atoms with E-state index >= 15 is 0 Å². The Balaban J connectivity index is 1.78. The van der Waals surface area contributed by atoms with E-state index in [-0.39, 0.29) is 0 Å². The summed E-state index contributed by atoms with van der Waals surface area (Å²) in [5, 5.41) is 5.84. The van der Waals surface area contributed by atoms with Crippen LogP contribution in [0.1, 0.15) is 58.1 Å². The molecule has 1 unspecified atom stereocenters. The van der Waals surface area contributed by atoms with E-state index in [0.717, 1.165) is 70.8 Å².